The van der Waals surface area contributed by atoms with Crippen LogP contribution in [-0.2, 0) is 29.4 Å². The van der Waals surface area contributed by atoms with Gasteiger partial charge in [0.2, 0.25) is 11.8 Å². The number of amides is 3. The van der Waals surface area contributed by atoms with Crippen LogP contribution in [0, 0.1) is 0 Å². The van der Waals surface area contributed by atoms with E-state index < -0.39 is 17.3 Å². The topological polar surface area (TPSA) is 92.8 Å². The summed E-state index contributed by atoms with van der Waals surface area (Å²) in [5, 5.41) is 3.29. The molecular formula is C17H20N2O5. The van der Waals surface area contributed by atoms with Crippen LogP contribution in [0.25, 0.3) is 0 Å². The number of anilines is 1. The normalized spacial score (nSPS) is 20.3. The SMILES string of the molecule is CCC1(c2ccc(N(OC(C)=O)C(C)=O)cc2)CCC(=O)NC1=O. The zero-order valence-electron chi connectivity index (χ0n) is 13.9. The zero-order valence-corrected chi connectivity index (χ0v) is 13.9. The summed E-state index contributed by atoms with van der Waals surface area (Å²) < 4.78 is 0. The summed E-state index contributed by atoms with van der Waals surface area (Å²) in [7, 11) is 0. The van der Waals surface area contributed by atoms with Gasteiger partial charge in [-0.3, -0.25) is 19.7 Å². The highest BCUT2D eigenvalue weighted by molar-refractivity contribution is 6.03. The van der Waals surface area contributed by atoms with E-state index in [0.717, 1.165) is 10.6 Å². The van der Waals surface area contributed by atoms with E-state index in [1.165, 1.54) is 13.8 Å². The Morgan fingerprint density at radius 2 is 1.83 bits per heavy atom. The number of nitrogens with one attached hydrogen (secondary N) is 1. The maximum atomic E-state index is 12.4. The molecule has 1 aromatic carbocycles. The number of hydroxylamine groups is 1. The van der Waals surface area contributed by atoms with E-state index in [4.69, 9.17) is 4.84 Å². The van der Waals surface area contributed by atoms with Crippen molar-refractivity contribution in [2.45, 2.75) is 45.4 Å². The highest BCUT2D eigenvalue weighted by Crippen LogP contribution is 2.36. The lowest BCUT2D eigenvalue weighted by Crippen LogP contribution is -2.51. The molecule has 1 N–H and O–H groups in total. The fourth-order valence-electron chi connectivity index (χ4n) is 2.91. The molecule has 0 aliphatic carbocycles. The fourth-order valence-corrected chi connectivity index (χ4v) is 2.91. The van der Waals surface area contributed by atoms with Crippen molar-refractivity contribution in [1.29, 1.82) is 0 Å². The summed E-state index contributed by atoms with van der Waals surface area (Å²) in [6.07, 6.45) is 1.27. The van der Waals surface area contributed by atoms with Crippen molar-refractivity contribution in [1.82, 2.24) is 5.32 Å². The Kier molecular flexibility index (Phi) is 5.02. The maximum Gasteiger partial charge on any atom is 0.330 e. The molecular weight excluding hydrogens is 312 g/mol. The van der Waals surface area contributed by atoms with E-state index in [-0.39, 0.29) is 18.2 Å². The number of rotatable bonds is 3. The number of nitrogens with zero attached hydrogens (tertiary/aromatic N) is 1. The van der Waals surface area contributed by atoms with Crippen molar-refractivity contribution in [2.24, 2.45) is 0 Å². The lowest BCUT2D eigenvalue weighted by Gasteiger charge is -2.35. The lowest BCUT2D eigenvalue weighted by atomic mass is 9.72. The second-order valence-corrected chi connectivity index (χ2v) is 5.76. The molecule has 128 valence electrons. The van der Waals surface area contributed by atoms with Gasteiger partial charge >= 0.3 is 5.97 Å². The molecule has 7 nitrogen and oxygen atoms in total. The molecule has 0 spiro atoms. The second-order valence-electron chi connectivity index (χ2n) is 5.76. The quantitative estimate of drug-likeness (QED) is 0.670. The number of imide groups is 1. The number of piperidine rings is 1. The van der Waals surface area contributed by atoms with Crippen LogP contribution in [0.5, 0.6) is 0 Å². The third kappa shape index (κ3) is 3.29. The van der Waals surface area contributed by atoms with Crippen molar-refractivity contribution in [3.63, 3.8) is 0 Å². The van der Waals surface area contributed by atoms with Crippen LogP contribution >= 0.6 is 0 Å². The van der Waals surface area contributed by atoms with Gasteiger partial charge in [0.15, 0.2) is 0 Å². The van der Waals surface area contributed by atoms with Crippen molar-refractivity contribution in [3.8, 4) is 0 Å². The van der Waals surface area contributed by atoms with E-state index in [1.807, 2.05) is 6.92 Å². The first-order chi connectivity index (χ1) is 11.3. The van der Waals surface area contributed by atoms with Gasteiger partial charge in [-0.1, -0.05) is 19.1 Å². The molecule has 1 aliphatic heterocycles. The minimum absolute atomic E-state index is 0.265. The van der Waals surface area contributed by atoms with Gasteiger partial charge in [-0.25, -0.2) is 4.79 Å². The van der Waals surface area contributed by atoms with Gasteiger partial charge in [0.1, 0.15) is 0 Å². The van der Waals surface area contributed by atoms with Crippen molar-refractivity contribution < 1.29 is 24.0 Å². The third-order valence-corrected chi connectivity index (χ3v) is 4.23. The maximum absolute atomic E-state index is 12.4. The van der Waals surface area contributed by atoms with Crippen LogP contribution in [0.1, 0.15) is 45.6 Å². The first kappa shape index (κ1) is 17.7. The monoisotopic (exact) mass is 332 g/mol. The zero-order chi connectivity index (χ0) is 17.9. The number of hydrogen-bond donors (Lipinski definition) is 1. The van der Waals surface area contributed by atoms with Crippen LogP contribution in [-0.4, -0.2) is 23.7 Å². The number of hydrogen-bond acceptors (Lipinski definition) is 5. The number of carbonyl (C=O) groups is 4. The van der Waals surface area contributed by atoms with Gasteiger partial charge in [-0.15, -0.1) is 5.06 Å². The predicted octanol–water partition coefficient (Wildman–Crippen LogP) is 1.60. The largest absolute Gasteiger partial charge is 0.334 e. The molecule has 0 aromatic heterocycles. The van der Waals surface area contributed by atoms with E-state index in [1.54, 1.807) is 24.3 Å². The Morgan fingerprint density at radius 1 is 1.21 bits per heavy atom. The molecule has 1 atom stereocenters. The molecule has 0 bridgehead atoms. The Bertz CT molecular complexity index is 683. The number of benzene rings is 1. The van der Waals surface area contributed by atoms with Gasteiger partial charge < -0.3 is 4.84 Å². The Labute approximate surface area is 139 Å². The number of carbonyl (C=O) groups excluding carboxylic acids is 4. The molecule has 1 aromatic rings. The van der Waals surface area contributed by atoms with Crippen molar-refractivity contribution in [2.75, 3.05) is 5.06 Å². The minimum Gasteiger partial charge on any atom is -0.334 e. The van der Waals surface area contributed by atoms with Gasteiger partial charge in [0, 0.05) is 20.3 Å². The van der Waals surface area contributed by atoms with Crippen LogP contribution < -0.4 is 10.4 Å². The molecule has 1 heterocycles. The van der Waals surface area contributed by atoms with Gasteiger partial charge in [0.05, 0.1) is 11.1 Å². The second kappa shape index (κ2) is 6.82. The summed E-state index contributed by atoms with van der Waals surface area (Å²) in [4.78, 5) is 51.4. The summed E-state index contributed by atoms with van der Waals surface area (Å²) in [6.45, 7) is 4.38. The van der Waals surface area contributed by atoms with Crippen LogP contribution in [0.15, 0.2) is 24.3 Å². The summed E-state index contributed by atoms with van der Waals surface area (Å²) in [5.41, 5.74) is 0.375. The first-order valence-electron chi connectivity index (χ1n) is 7.74. The molecule has 7 heteroatoms. The van der Waals surface area contributed by atoms with Crippen LogP contribution in [0.4, 0.5) is 5.69 Å². The average molecular weight is 332 g/mol. The highest BCUT2D eigenvalue weighted by atomic mass is 16.7. The summed E-state index contributed by atoms with van der Waals surface area (Å²) in [5.74, 6) is -1.62. The minimum atomic E-state index is -0.769. The molecule has 3 amide bonds. The Hall–Kier alpha value is -2.70. The molecule has 2 rings (SSSR count). The lowest BCUT2D eigenvalue weighted by molar-refractivity contribution is -0.147. The highest BCUT2D eigenvalue weighted by Gasteiger charge is 2.42. The van der Waals surface area contributed by atoms with E-state index >= 15 is 0 Å². The summed E-state index contributed by atoms with van der Waals surface area (Å²) >= 11 is 0. The molecule has 0 radical (unpaired) electrons. The molecule has 1 unspecified atom stereocenters. The fraction of sp³-hybridized carbons (Fsp3) is 0.412. The molecule has 1 saturated heterocycles. The van der Waals surface area contributed by atoms with Gasteiger partial charge in [-0.2, -0.15) is 0 Å². The Morgan fingerprint density at radius 3 is 2.29 bits per heavy atom. The standard InChI is InChI=1S/C17H20N2O5/c1-4-17(10-9-15(22)18-16(17)23)13-5-7-14(8-6-13)19(11(2)20)24-12(3)21/h5-8H,4,9-10H2,1-3H3,(H,18,22,23). The van der Waals surface area contributed by atoms with Crippen molar-refractivity contribution >= 4 is 29.4 Å². The average Bonchev–Trinajstić information content (AvgIpc) is 2.53. The predicted molar refractivity (Wildman–Crippen MR) is 85.7 cm³/mol. The van der Waals surface area contributed by atoms with E-state index in [2.05, 4.69) is 5.32 Å². The van der Waals surface area contributed by atoms with Crippen LogP contribution in [0.3, 0.4) is 0 Å². The van der Waals surface area contributed by atoms with Crippen LogP contribution in [0.2, 0.25) is 0 Å². The first-order valence-corrected chi connectivity index (χ1v) is 7.74. The van der Waals surface area contributed by atoms with Gasteiger partial charge in [-0.05, 0) is 30.5 Å². The third-order valence-electron chi connectivity index (χ3n) is 4.23. The van der Waals surface area contributed by atoms with Crippen molar-refractivity contribution in [3.05, 3.63) is 29.8 Å². The van der Waals surface area contributed by atoms with E-state index in [9.17, 15) is 19.2 Å². The molecule has 1 fully saturated rings. The smallest absolute Gasteiger partial charge is 0.330 e. The van der Waals surface area contributed by atoms with E-state index in [0.29, 0.717) is 18.5 Å². The molecule has 1 aliphatic rings. The molecule has 0 saturated carbocycles. The molecule has 24 heavy (non-hydrogen) atoms. The Balaban J connectivity index is 2.33. The summed E-state index contributed by atoms with van der Waals surface area (Å²) in [6, 6.07) is 6.66. The van der Waals surface area contributed by atoms with Gasteiger partial charge in [0.25, 0.3) is 5.91 Å².